The maximum atomic E-state index is 12.9. The standard InChI is InChI=1S/C27H28ClN3O/c1-16-14-17(2)19(4)22(18(16)3)15-31-25-13-9-8-12-24(25)30-26(31)20(5)29-27(32)21-10-6-7-11-23(21)28/h6-14,20H,15H2,1-5H3,(H,29,32). The van der Waals surface area contributed by atoms with Crippen molar-refractivity contribution in [2.24, 2.45) is 0 Å². The van der Waals surface area contributed by atoms with Gasteiger partial charge in [0.05, 0.1) is 27.7 Å². The number of nitrogens with zero attached hydrogens (tertiary/aromatic N) is 2. The number of hydrogen-bond donors (Lipinski definition) is 1. The fourth-order valence-corrected chi connectivity index (χ4v) is 4.49. The van der Waals surface area contributed by atoms with Crippen LogP contribution in [0.15, 0.2) is 54.6 Å². The molecule has 1 heterocycles. The van der Waals surface area contributed by atoms with Crippen LogP contribution in [0.1, 0.15) is 57.0 Å². The van der Waals surface area contributed by atoms with E-state index >= 15 is 0 Å². The van der Waals surface area contributed by atoms with E-state index in [2.05, 4.69) is 49.7 Å². The summed E-state index contributed by atoms with van der Waals surface area (Å²) >= 11 is 6.23. The van der Waals surface area contributed by atoms with Gasteiger partial charge in [0.1, 0.15) is 5.82 Å². The van der Waals surface area contributed by atoms with E-state index in [-0.39, 0.29) is 11.9 Å². The predicted molar refractivity (Wildman–Crippen MR) is 132 cm³/mol. The summed E-state index contributed by atoms with van der Waals surface area (Å²) in [7, 11) is 0. The van der Waals surface area contributed by atoms with Crippen molar-refractivity contribution in [2.75, 3.05) is 0 Å². The number of halogens is 1. The summed E-state index contributed by atoms with van der Waals surface area (Å²) in [6.45, 7) is 11.3. The molecular formula is C27H28ClN3O. The van der Waals surface area contributed by atoms with Gasteiger partial charge in [-0.15, -0.1) is 0 Å². The second-order valence-electron chi connectivity index (χ2n) is 8.46. The van der Waals surface area contributed by atoms with Crippen LogP contribution in [-0.2, 0) is 6.54 Å². The van der Waals surface area contributed by atoms with Crippen molar-refractivity contribution in [3.05, 3.63) is 98.8 Å². The first-order valence-corrected chi connectivity index (χ1v) is 11.2. The lowest BCUT2D eigenvalue weighted by molar-refractivity contribution is 0.0938. The van der Waals surface area contributed by atoms with Crippen LogP contribution in [0.25, 0.3) is 11.0 Å². The Morgan fingerprint density at radius 1 is 1.00 bits per heavy atom. The van der Waals surface area contributed by atoms with Gasteiger partial charge in [-0.3, -0.25) is 4.79 Å². The summed E-state index contributed by atoms with van der Waals surface area (Å²) in [5.74, 6) is 0.616. The van der Waals surface area contributed by atoms with Crippen LogP contribution < -0.4 is 5.32 Å². The average Bonchev–Trinajstić information content (AvgIpc) is 3.14. The Hall–Kier alpha value is -3.11. The molecule has 0 spiro atoms. The smallest absolute Gasteiger partial charge is 0.253 e. The fourth-order valence-electron chi connectivity index (χ4n) is 4.27. The molecule has 0 saturated carbocycles. The first-order valence-electron chi connectivity index (χ1n) is 10.8. The summed E-state index contributed by atoms with van der Waals surface area (Å²) in [6.07, 6.45) is 0. The Kier molecular flexibility index (Phi) is 6.07. The van der Waals surface area contributed by atoms with E-state index in [4.69, 9.17) is 16.6 Å². The van der Waals surface area contributed by atoms with Crippen molar-refractivity contribution >= 4 is 28.5 Å². The van der Waals surface area contributed by atoms with Gasteiger partial charge in [0.15, 0.2) is 0 Å². The van der Waals surface area contributed by atoms with Gasteiger partial charge in [-0.1, -0.05) is 41.9 Å². The Morgan fingerprint density at radius 3 is 2.31 bits per heavy atom. The van der Waals surface area contributed by atoms with Crippen LogP contribution in [0, 0.1) is 27.7 Å². The molecule has 164 valence electrons. The normalized spacial score (nSPS) is 12.2. The van der Waals surface area contributed by atoms with Crippen LogP contribution in [0.3, 0.4) is 0 Å². The Labute approximate surface area is 194 Å². The highest BCUT2D eigenvalue weighted by atomic mass is 35.5. The fraction of sp³-hybridized carbons (Fsp3) is 0.259. The molecule has 3 aromatic carbocycles. The number of imidazole rings is 1. The predicted octanol–water partition coefficient (Wildman–Crippen LogP) is 6.46. The molecule has 0 bridgehead atoms. The number of amides is 1. The third kappa shape index (κ3) is 4.03. The van der Waals surface area contributed by atoms with Gasteiger partial charge in [0.2, 0.25) is 0 Å². The maximum absolute atomic E-state index is 12.9. The minimum Gasteiger partial charge on any atom is -0.342 e. The average molecular weight is 446 g/mol. The van der Waals surface area contributed by atoms with E-state index < -0.39 is 0 Å². The SMILES string of the molecule is Cc1cc(C)c(C)c(Cn2c(C(C)NC(=O)c3ccccc3Cl)nc3ccccc32)c1C. The lowest BCUT2D eigenvalue weighted by Gasteiger charge is -2.20. The van der Waals surface area contributed by atoms with E-state index in [1.54, 1.807) is 12.1 Å². The molecule has 1 N–H and O–H groups in total. The van der Waals surface area contributed by atoms with Gasteiger partial charge < -0.3 is 9.88 Å². The van der Waals surface area contributed by atoms with Crippen molar-refractivity contribution < 1.29 is 4.79 Å². The molecule has 1 unspecified atom stereocenters. The van der Waals surface area contributed by atoms with Crippen LogP contribution in [0.2, 0.25) is 5.02 Å². The molecule has 0 radical (unpaired) electrons. The number of nitrogens with one attached hydrogen (secondary N) is 1. The van der Waals surface area contributed by atoms with Crippen molar-refractivity contribution in [3.63, 3.8) is 0 Å². The van der Waals surface area contributed by atoms with E-state index in [0.29, 0.717) is 17.1 Å². The van der Waals surface area contributed by atoms with Crippen LogP contribution in [-0.4, -0.2) is 15.5 Å². The third-order valence-corrected chi connectivity index (χ3v) is 6.70. The first kappa shape index (κ1) is 22.1. The molecule has 32 heavy (non-hydrogen) atoms. The number of rotatable bonds is 5. The zero-order chi connectivity index (χ0) is 23.0. The number of benzene rings is 3. The van der Waals surface area contributed by atoms with Crippen LogP contribution >= 0.6 is 11.6 Å². The molecule has 0 fully saturated rings. The Bertz CT molecular complexity index is 1300. The third-order valence-electron chi connectivity index (χ3n) is 6.38. The second-order valence-corrected chi connectivity index (χ2v) is 8.87. The number of aromatic nitrogens is 2. The zero-order valence-corrected chi connectivity index (χ0v) is 19.9. The van der Waals surface area contributed by atoms with Crippen molar-refractivity contribution in [1.82, 2.24) is 14.9 Å². The Morgan fingerprint density at radius 2 is 1.62 bits per heavy atom. The quantitative estimate of drug-likeness (QED) is 0.383. The summed E-state index contributed by atoms with van der Waals surface area (Å²) in [6, 6.07) is 17.1. The number of carbonyl (C=O) groups is 1. The number of fused-ring (bicyclic) bond motifs is 1. The molecule has 0 saturated heterocycles. The Balaban J connectivity index is 1.76. The van der Waals surface area contributed by atoms with E-state index in [0.717, 1.165) is 16.9 Å². The molecule has 1 aromatic heterocycles. The largest absolute Gasteiger partial charge is 0.342 e. The molecule has 0 aliphatic heterocycles. The second kappa shape index (κ2) is 8.79. The van der Waals surface area contributed by atoms with Gasteiger partial charge in [0.25, 0.3) is 5.91 Å². The lowest BCUT2D eigenvalue weighted by Crippen LogP contribution is -2.29. The number of para-hydroxylation sites is 2. The van der Waals surface area contributed by atoms with Crippen LogP contribution in [0.4, 0.5) is 0 Å². The molecule has 0 aliphatic carbocycles. The van der Waals surface area contributed by atoms with Gasteiger partial charge in [-0.25, -0.2) is 4.98 Å². The summed E-state index contributed by atoms with van der Waals surface area (Å²) in [4.78, 5) is 17.8. The topological polar surface area (TPSA) is 46.9 Å². The monoisotopic (exact) mass is 445 g/mol. The molecule has 4 rings (SSSR count). The van der Waals surface area contributed by atoms with E-state index in [9.17, 15) is 4.79 Å². The minimum absolute atomic E-state index is 0.208. The first-order chi connectivity index (χ1) is 15.3. The van der Waals surface area contributed by atoms with Gasteiger partial charge in [-0.2, -0.15) is 0 Å². The molecule has 1 atom stereocenters. The van der Waals surface area contributed by atoms with Crippen LogP contribution in [0.5, 0.6) is 0 Å². The minimum atomic E-state index is -0.294. The highest BCUT2D eigenvalue weighted by Crippen LogP contribution is 2.27. The summed E-state index contributed by atoms with van der Waals surface area (Å²) < 4.78 is 2.22. The van der Waals surface area contributed by atoms with E-state index in [1.807, 2.05) is 37.3 Å². The summed E-state index contributed by atoms with van der Waals surface area (Å²) in [5, 5.41) is 3.52. The molecule has 4 aromatic rings. The summed E-state index contributed by atoms with van der Waals surface area (Å²) in [5.41, 5.74) is 8.90. The van der Waals surface area contributed by atoms with Crippen molar-refractivity contribution in [3.8, 4) is 0 Å². The molecule has 0 aliphatic rings. The highest BCUT2D eigenvalue weighted by Gasteiger charge is 2.21. The maximum Gasteiger partial charge on any atom is 0.253 e. The van der Waals surface area contributed by atoms with Gasteiger partial charge >= 0.3 is 0 Å². The lowest BCUT2D eigenvalue weighted by atomic mass is 9.94. The van der Waals surface area contributed by atoms with Gasteiger partial charge in [0, 0.05) is 6.54 Å². The highest BCUT2D eigenvalue weighted by molar-refractivity contribution is 6.33. The molecule has 1 amide bonds. The number of carbonyl (C=O) groups excluding carboxylic acids is 1. The number of hydrogen-bond acceptors (Lipinski definition) is 2. The molecular weight excluding hydrogens is 418 g/mol. The number of aryl methyl sites for hydroxylation is 2. The molecule has 4 nitrogen and oxygen atoms in total. The van der Waals surface area contributed by atoms with Crippen molar-refractivity contribution in [2.45, 2.75) is 47.2 Å². The van der Waals surface area contributed by atoms with Crippen molar-refractivity contribution in [1.29, 1.82) is 0 Å². The van der Waals surface area contributed by atoms with Gasteiger partial charge in [-0.05, 0) is 86.7 Å². The molecule has 5 heteroatoms. The van der Waals surface area contributed by atoms with E-state index in [1.165, 1.54) is 27.8 Å². The zero-order valence-electron chi connectivity index (χ0n) is 19.2.